The second kappa shape index (κ2) is 7.14. The molecule has 3 aromatic heterocycles. The molecule has 4 heterocycles. The Morgan fingerprint density at radius 1 is 1.44 bits per heavy atom. The Bertz CT molecular complexity index is 970. The topological polar surface area (TPSA) is 85.1 Å². The Hall–Kier alpha value is -2.10. The van der Waals surface area contributed by atoms with Gasteiger partial charge in [0, 0.05) is 13.7 Å². The molecule has 9 heteroatoms. The van der Waals surface area contributed by atoms with Gasteiger partial charge in [-0.1, -0.05) is 13.8 Å². The first-order valence-corrected chi connectivity index (χ1v) is 9.77. The lowest BCUT2D eigenvalue weighted by Crippen LogP contribution is -2.42. The van der Waals surface area contributed by atoms with Crippen molar-refractivity contribution in [2.75, 3.05) is 18.5 Å². The van der Waals surface area contributed by atoms with E-state index in [1.54, 1.807) is 0 Å². The molecule has 0 unspecified atom stereocenters. The molecule has 7 nitrogen and oxygen atoms in total. The van der Waals surface area contributed by atoms with Crippen molar-refractivity contribution in [3.63, 3.8) is 0 Å². The predicted octanol–water partition coefficient (Wildman–Crippen LogP) is 2.92. The molecular weight excluding hydrogens is 369 g/mol. The minimum atomic E-state index is -0.640. The van der Waals surface area contributed by atoms with E-state index in [2.05, 4.69) is 34.2 Å². The number of hydrogen-bond donors (Lipinski definition) is 2. The lowest BCUT2D eigenvalue weighted by atomic mass is 10.1. The smallest absolute Gasteiger partial charge is 0.223 e. The van der Waals surface area contributed by atoms with Gasteiger partial charge in [-0.2, -0.15) is 5.10 Å². The molecule has 1 saturated heterocycles. The third-order valence-corrected chi connectivity index (χ3v) is 5.87. The van der Waals surface area contributed by atoms with Crippen LogP contribution < -0.4 is 5.32 Å². The number of nitrogens with one attached hydrogen (secondary N) is 1. The molecule has 4 rings (SSSR count). The van der Waals surface area contributed by atoms with Gasteiger partial charge in [0.1, 0.15) is 11.2 Å². The van der Waals surface area contributed by atoms with E-state index >= 15 is 0 Å². The summed E-state index contributed by atoms with van der Waals surface area (Å²) in [6.07, 6.45) is 1.17. The summed E-state index contributed by atoms with van der Waals surface area (Å²) in [5.74, 6) is 0.134. The van der Waals surface area contributed by atoms with Gasteiger partial charge in [0.25, 0.3) is 0 Å². The lowest BCUT2D eigenvalue weighted by Gasteiger charge is -2.28. The van der Waals surface area contributed by atoms with Crippen molar-refractivity contribution in [3.05, 3.63) is 23.8 Å². The molecule has 144 valence electrons. The van der Waals surface area contributed by atoms with Crippen LogP contribution in [0.2, 0.25) is 0 Å². The number of rotatable bonds is 4. The molecular formula is C18H22FN5O2S. The highest BCUT2D eigenvalue weighted by molar-refractivity contribution is 7.22. The number of aliphatic hydroxyl groups excluding tert-OH is 1. The summed E-state index contributed by atoms with van der Waals surface area (Å²) in [6, 6.07) is 1.65. The Kier molecular flexibility index (Phi) is 4.83. The van der Waals surface area contributed by atoms with Crippen LogP contribution in [0, 0.1) is 5.82 Å². The fourth-order valence-electron chi connectivity index (χ4n) is 3.42. The minimum Gasteiger partial charge on any atom is -0.389 e. The van der Waals surface area contributed by atoms with E-state index < -0.39 is 11.9 Å². The third kappa shape index (κ3) is 3.42. The maximum Gasteiger partial charge on any atom is 0.223 e. The summed E-state index contributed by atoms with van der Waals surface area (Å²) in [5.41, 5.74) is 2.21. The average molecular weight is 391 g/mol. The van der Waals surface area contributed by atoms with Gasteiger partial charge < -0.3 is 15.2 Å². The Balaban J connectivity index is 1.68. The number of hydrogen-bond acceptors (Lipinski definition) is 7. The number of aromatic nitrogens is 4. The number of anilines is 1. The summed E-state index contributed by atoms with van der Waals surface area (Å²) in [7, 11) is 1.92. The van der Waals surface area contributed by atoms with Crippen molar-refractivity contribution in [2.24, 2.45) is 7.05 Å². The maximum absolute atomic E-state index is 14.4. The molecule has 0 amide bonds. The summed E-state index contributed by atoms with van der Waals surface area (Å²) in [4.78, 5) is 9.11. The number of ether oxygens (including phenoxy) is 1. The van der Waals surface area contributed by atoms with Crippen LogP contribution in [0.15, 0.2) is 12.3 Å². The van der Waals surface area contributed by atoms with Gasteiger partial charge in [-0.25, -0.2) is 14.4 Å². The Morgan fingerprint density at radius 3 is 3.00 bits per heavy atom. The molecule has 2 atom stereocenters. The fourth-order valence-corrected chi connectivity index (χ4v) is 4.73. The van der Waals surface area contributed by atoms with Gasteiger partial charge in [0.15, 0.2) is 5.82 Å². The maximum atomic E-state index is 14.4. The molecule has 1 aliphatic heterocycles. The SMILES string of the molecule is CC(C)c1c2sc(-c3nc(N[C@@H]4CCOC[C@H]4O)ncc3F)cc2nn1C. The van der Waals surface area contributed by atoms with Gasteiger partial charge in [-0.3, -0.25) is 4.68 Å². The number of halogens is 1. The van der Waals surface area contributed by atoms with Crippen molar-refractivity contribution >= 4 is 27.5 Å². The summed E-state index contributed by atoms with van der Waals surface area (Å²) in [5, 5.41) is 17.7. The highest BCUT2D eigenvalue weighted by Crippen LogP contribution is 2.37. The van der Waals surface area contributed by atoms with E-state index in [-0.39, 0.29) is 18.3 Å². The van der Waals surface area contributed by atoms with E-state index in [9.17, 15) is 9.50 Å². The van der Waals surface area contributed by atoms with E-state index in [0.29, 0.717) is 29.8 Å². The first-order valence-electron chi connectivity index (χ1n) is 8.95. The summed E-state index contributed by atoms with van der Waals surface area (Å²) < 4.78 is 22.6. The molecule has 27 heavy (non-hydrogen) atoms. The number of nitrogens with zero attached hydrogens (tertiary/aromatic N) is 4. The van der Waals surface area contributed by atoms with E-state index in [0.717, 1.165) is 22.1 Å². The predicted molar refractivity (Wildman–Crippen MR) is 103 cm³/mol. The van der Waals surface area contributed by atoms with Crippen molar-refractivity contribution in [1.29, 1.82) is 0 Å². The van der Waals surface area contributed by atoms with Crippen LogP contribution in [0.3, 0.4) is 0 Å². The Morgan fingerprint density at radius 2 is 2.26 bits per heavy atom. The standard InChI is InChI=1S/C18H22FN5O2S/c1-9(2)16-17-12(23-24(16)3)6-14(27-17)15-10(19)7-20-18(22-15)21-11-4-5-26-8-13(11)25/h6-7,9,11,13,25H,4-5,8H2,1-3H3,(H,20,21,22)/t11-,13-/m1/s1. The Labute approximate surface area is 160 Å². The van der Waals surface area contributed by atoms with Gasteiger partial charge >= 0.3 is 0 Å². The van der Waals surface area contributed by atoms with Gasteiger partial charge in [-0.15, -0.1) is 11.3 Å². The van der Waals surface area contributed by atoms with Crippen LogP contribution in [0.1, 0.15) is 31.9 Å². The van der Waals surface area contributed by atoms with Crippen LogP contribution in [-0.4, -0.2) is 50.2 Å². The van der Waals surface area contributed by atoms with Gasteiger partial charge in [0.2, 0.25) is 5.95 Å². The van der Waals surface area contributed by atoms with Crippen LogP contribution in [0.25, 0.3) is 20.8 Å². The molecule has 3 aromatic rings. The highest BCUT2D eigenvalue weighted by Gasteiger charge is 2.25. The first-order chi connectivity index (χ1) is 12.9. The van der Waals surface area contributed by atoms with E-state index in [1.807, 2.05) is 17.8 Å². The molecule has 0 radical (unpaired) electrons. The largest absolute Gasteiger partial charge is 0.389 e. The van der Waals surface area contributed by atoms with Crippen LogP contribution >= 0.6 is 11.3 Å². The molecule has 1 fully saturated rings. The van der Waals surface area contributed by atoms with Gasteiger partial charge in [-0.05, 0) is 18.4 Å². The normalized spacial score (nSPS) is 20.5. The molecule has 0 saturated carbocycles. The van der Waals surface area contributed by atoms with Crippen molar-refractivity contribution < 1.29 is 14.2 Å². The number of thiophene rings is 1. The van der Waals surface area contributed by atoms with E-state index in [1.165, 1.54) is 11.3 Å². The van der Waals surface area contributed by atoms with Crippen molar-refractivity contribution in [1.82, 2.24) is 19.7 Å². The molecule has 1 aliphatic rings. The highest BCUT2D eigenvalue weighted by atomic mass is 32.1. The van der Waals surface area contributed by atoms with Crippen molar-refractivity contribution in [3.8, 4) is 10.6 Å². The quantitative estimate of drug-likeness (QED) is 0.711. The second-order valence-electron chi connectivity index (χ2n) is 7.06. The molecule has 2 N–H and O–H groups in total. The molecule has 0 spiro atoms. The first kappa shape index (κ1) is 18.3. The fraction of sp³-hybridized carbons (Fsp3) is 0.500. The van der Waals surface area contributed by atoms with Crippen LogP contribution in [-0.2, 0) is 11.8 Å². The zero-order valence-electron chi connectivity index (χ0n) is 15.4. The second-order valence-corrected chi connectivity index (χ2v) is 8.11. The van der Waals surface area contributed by atoms with Crippen molar-refractivity contribution in [2.45, 2.75) is 38.3 Å². The number of aryl methyl sites for hydroxylation is 1. The zero-order valence-corrected chi connectivity index (χ0v) is 16.3. The average Bonchev–Trinajstić information content (AvgIpc) is 3.14. The molecule has 0 aromatic carbocycles. The van der Waals surface area contributed by atoms with Crippen LogP contribution in [0.5, 0.6) is 0 Å². The summed E-state index contributed by atoms with van der Waals surface area (Å²) in [6.45, 7) is 5.06. The summed E-state index contributed by atoms with van der Waals surface area (Å²) >= 11 is 1.48. The van der Waals surface area contributed by atoms with Crippen LogP contribution in [0.4, 0.5) is 10.3 Å². The lowest BCUT2D eigenvalue weighted by molar-refractivity contribution is -0.0136. The monoisotopic (exact) mass is 391 g/mol. The van der Waals surface area contributed by atoms with E-state index in [4.69, 9.17) is 4.74 Å². The molecule has 0 bridgehead atoms. The zero-order chi connectivity index (χ0) is 19.1. The number of fused-ring (bicyclic) bond motifs is 1. The van der Waals surface area contributed by atoms with Gasteiger partial charge in [0.05, 0.1) is 40.2 Å². The molecule has 0 aliphatic carbocycles. The third-order valence-electron chi connectivity index (χ3n) is 4.72. The minimum absolute atomic E-state index is 0.213. The number of aliphatic hydroxyl groups is 1.